The first kappa shape index (κ1) is 16.8. The van der Waals surface area contributed by atoms with Crippen LogP contribution >= 0.6 is 49.6 Å². The molecule has 0 aliphatic heterocycles. The molecule has 0 aliphatic carbocycles. The molecule has 112 valence electrons. The van der Waals surface area contributed by atoms with Gasteiger partial charge in [0.1, 0.15) is 4.21 Å². The van der Waals surface area contributed by atoms with Gasteiger partial charge in [-0.05, 0) is 30.3 Å². The van der Waals surface area contributed by atoms with Crippen LogP contribution in [0.3, 0.4) is 0 Å². The summed E-state index contributed by atoms with van der Waals surface area (Å²) in [6.07, 6.45) is 0. The second-order valence-corrected chi connectivity index (χ2v) is 9.31. The van der Waals surface area contributed by atoms with E-state index in [1.807, 2.05) is 0 Å². The third kappa shape index (κ3) is 4.69. The van der Waals surface area contributed by atoms with Crippen molar-refractivity contribution in [1.82, 2.24) is 5.32 Å². The molecule has 4 nitrogen and oxygen atoms in total. The van der Waals surface area contributed by atoms with Gasteiger partial charge in [-0.1, -0.05) is 27.5 Å². The van der Waals surface area contributed by atoms with Crippen molar-refractivity contribution in [3.8, 4) is 0 Å². The number of hydrogen-bond acceptors (Lipinski definition) is 4. The molecule has 2 rings (SSSR count). The second-order valence-electron chi connectivity index (χ2n) is 4.00. The predicted octanol–water partition coefficient (Wildman–Crippen LogP) is 4.02. The van der Waals surface area contributed by atoms with Gasteiger partial charge in [0, 0.05) is 30.6 Å². The van der Waals surface area contributed by atoms with Crippen LogP contribution in [0.2, 0.25) is 5.02 Å². The van der Waals surface area contributed by atoms with Crippen molar-refractivity contribution < 1.29 is 13.2 Å². The van der Waals surface area contributed by atoms with E-state index in [9.17, 15) is 13.2 Å². The van der Waals surface area contributed by atoms with Gasteiger partial charge in [0.25, 0.3) is 15.0 Å². The summed E-state index contributed by atoms with van der Waals surface area (Å²) in [4.78, 5) is 12.7. The number of carbonyl (C=O) groups is 1. The second kappa shape index (κ2) is 6.66. The average molecular weight is 429 g/mol. The molecule has 0 fully saturated rings. The van der Waals surface area contributed by atoms with Crippen LogP contribution in [-0.2, 0) is 15.6 Å². The van der Waals surface area contributed by atoms with E-state index >= 15 is 0 Å². The van der Waals surface area contributed by atoms with Gasteiger partial charge < -0.3 is 5.32 Å². The molecule has 0 saturated heterocycles. The van der Waals surface area contributed by atoms with E-state index < -0.39 is 9.05 Å². The Kier molecular flexibility index (Phi) is 5.32. The lowest BCUT2D eigenvalue weighted by atomic mass is 10.2. The van der Waals surface area contributed by atoms with Crippen LogP contribution in [-0.4, -0.2) is 14.3 Å². The fourth-order valence-corrected chi connectivity index (χ4v) is 4.46. The zero-order valence-electron chi connectivity index (χ0n) is 10.3. The quantitative estimate of drug-likeness (QED) is 0.748. The molecule has 1 aromatic carbocycles. The molecule has 21 heavy (non-hydrogen) atoms. The number of halogens is 3. The Morgan fingerprint density at radius 2 is 2.00 bits per heavy atom. The van der Waals surface area contributed by atoms with Gasteiger partial charge in [0.05, 0.1) is 6.54 Å². The van der Waals surface area contributed by atoms with Gasteiger partial charge in [0.2, 0.25) is 0 Å². The molecule has 1 N–H and O–H groups in total. The van der Waals surface area contributed by atoms with E-state index in [4.69, 9.17) is 22.3 Å². The molecular formula is C12H8BrCl2NO3S2. The molecule has 0 unspecified atom stereocenters. The maximum atomic E-state index is 12.0. The minimum Gasteiger partial charge on any atom is -0.347 e. The topological polar surface area (TPSA) is 63.2 Å². The Bertz CT molecular complexity index is 769. The van der Waals surface area contributed by atoms with Crippen molar-refractivity contribution >= 4 is 64.5 Å². The first-order valence-corrected chi connectivity index (χ1v) is 9.83. The number of thiophene rings is 1. The van der Waals surface area contributed by atoms with E-state index in [1.165, 1.54) is 6.07 Å². The molecule has 0 bridgehead atoms. The van der Waals surface area contributed by atoms with Crippen molar-refractivity contribution in [2.45, 2.75) is 10.8 Å². The maximum Gasteiger partial charge on any atom is 0.270 e. The lowest BCUT2D eigenvalue weighted by Gasteiger charge is -2.05. The summed E-state index contributed by atoms with van der Waals surface area (Å²) in [5, 5.41) is 3.13. The van der Waals surface area contributed by atoms with Crippen LogP contribution in [0.1, 0.15) is 15.2 Å². The highest BCUT2D eigenvalue weighted by Gasteiger charge is 2.14. The number of rotatable bonds is 4. The van der Waals surface area contributed by atoms with Gasteiger partial charge in [-0.25, -0.2) is 8.42 Å². The van der Waals surface area contributed by atoms with Crippen molar-refractivity contribution in [3.63, 3.8) is 0 Å². The lowest BCUT2D eigenvalue weighted by Crippen LogP contribution is -2.22. The third-order valence-corrected chi connectivity index (χ3v) is 6.28. The maximum absolute atomic E-state index is 12.0. The van der Waals surface area contributed by atoms with E-state index in [2.05, 4.69) is 21.2 Å². The van der Waals surface area contributed by atoms with Crippen LogP contribution in [0.15, 0.2) is 39.0 Å². The molecule has 9 heteroatoms. The van der Waals surface area contributed by atoms with Gasteiger partial charge in [0.15, 0.2) is 0 Å². The number of amides is 1. The van der Waals surface area contributed by atoms with Gasteiger partial charge in [-0.3, -0.25) is 4.79 Å². The zero-order valence-corrected chi connectivity index (χ0v) is 15.0. The molecule has 2 aromatic rings. The largest absolute Gasteiger partial charge is 0.347 e. The number of nitrogens with one attached hydrogen (secondary N) is 1. The van der Waals surface area contributed by atoms with Crippen LogP contribution < -0.4 is 5.32 Å². The highest BCUT2D eigenvalue weighted by atomic mass is 79.9. The van der Waals surface area contributed by atoms with E-state index in [1.54, 1.807) is 24.3 Å². The predicted molar refractivity (Wildman–Crippen MR) is 87.7 cm³/mol. The molecule has 0 atom stereocenters. The van der Waals surface area contributed by atoms with E-state index in [-0.39, 0.29) is 16.7 Å². The Labute approximate surface area is 143 Å². The fourth-order valence-electron chi connectivity index (χ4n) is 1.54. The van der Waals surface area contributed by atoms with E-state index in [0.29, 0.717) is 19.9 Å². The van der Waals surface area contributed by atoms with Crippen molar-refractivity contribution in [3.05, 3.63) is 50.3 Å². The highest BCUT2D eigenvalue weighted by molar-refractivity contribution is 9.10. The lowest BCUT2D eigenvalue weighted by molar-refractivity contribution is 0.0951. The van der Waals surface area contributed by atoms with Crippen molar-refractivity contribution in [2.75, 3.05) is 0 Å². The smallest absolute Gasteiger partial charge is 0.270 e. The molecule has 1 amide bonds. The molecule has 0 radical (unpaired) electrons. The molecular weight excluding hydrogens is 421 g/mol. The molecule has 0 spiro atoms. The Hall–Kier alpha value is -0.600. The third-order valence-electron chi connectivity index (χ3n) is 2.43. The normalized spacial score (nSPS) is 11.4. The molecule has 0 saturated carbocycles. The SMILES string of the molecule is O=C(NCc1ccc(S(=O)(=O)Cl)s1)c1cc(Cl)cc(Br)c1. The Balaban J connectivity index is 2.06. The van der Waals surface area contributed by atoms with Crippen molar-refractivity contribution in [1.29, 1.82) is 0 Å². The standard InChI is InChI=1S/C12H8BrCl2NO3S2/c13-8-3-7(4-9(14)5-8)12(17)16-6-10-1-2-11(20-10)21(15,18)19/h1-5H,6H2,(H,16,17). The summed E-state index contributed by atoms with van der Waals surface area (Å²) in [5.41, 5.74) is 0.413. The molecule has 1 aromatic heterocycles. The fraction of sp³-hybridized carbons (Fsp3) is 0.0833. The van der Waals surface area contributed by atoms with Crippen LogP contribution in [0.5, 0.6) is 0 Å². The van der Waals surface area contributed by atoms with Gasteiger partial charge in [-0.2, -0.15) is 0 Å². The monoisotopic (exact) mass is 427 g/mol. The first-order chi connectivity index (χ1) is 9.75. The summed E-state index contributed by atoms with van der Waals surface area (Å²) in [5.74, 6) is -0.304. The minimum absolute atomic E-state index is 0.0546. The highest BCUT2D eigenvalue weighted by Crippen LogP contribution is 2.25. The van der Waals surface area contributed by atoms with E-state index in [0.717, 1.165) is 11.3 Å². The van der Waals surface area contributed by atoms with Gasteiger partial charge in [-0.15, -0.1) is 11.3 Å². The number of hydrogen-bond donors (Lipinski definition) is 1. The Morgan fingerprint density at radius 1 is 1.29 bits per heavy atom. The van der Waals surface area contributed by atoms with Crippen LogP contribution in [0.4, 0.5) is 0 Å². The average Bonchev–Trinajstić information content (AvgIpc) is 2.83. The number of benzene rings is 1. The first-order valence-electron chi connectivity index (χ1n) is 5.53. The summed E-state index contributed by atoms with van der Waals surface area (Å²) >= 11 is 10.1. The summed E-state index contributed by atoms with van der Waals surface area (Å²) in [6.45, 7) is 0.208. The molecule has 1 heterocycles. The molecule has 0 aliphatic rings. The Morgan fingerprint density at radius 3 is 2.57 bits per heavy atom. The zero-order chi connectivity index (χ0) is 15.6. The van der Waals surface area contributed by atoms with Crippen molar-refractivity contribution in [2.24, 2.45) is 0 Å². The van der Waals surface area contributed by atoms with Crippen LogP contribution in [0, 0.1) is 0 Å². The summed E-state index contributed by atoms with van der Waals surface area (Å²) in [7, 11) is 1.51. The van der Waals surface area contributed by atoms with Crippen LogP contribution in [0.25, 0.3) is 0 Å². The van der Waals surface area contributed by atoms with Gasteiger partial charge >= 0.3 is 0 Å². The summed E-state index contributed by atoms with van der Waals surface area (Å²) < 4.78 is 23.1. The minimum atomic E-state index is -3.73. The number of carbonyl (C=O) groups excluding carboxylic acids is 1. The summed E-state index contributed by atoms with van der Waals surface area (Å²) in [6, 6.07) is 7.88.